The van der Waals surface area contributed by atoms with Crippen molar-refractivity contribution in [2.45, 2.75) is 137 Å². The Balaban J connectivity index is 0.000000494. The van der Waals surface area contributed by atoms with Gasteiger partial charge < -0.3 is 60.8 Å². The molecule has 0 aliphatic carbocycles. The van der Waals surface area contributed by atoms with Crippen LogP contribution in [0, 0.1) is 40.5 Å². The molecule has 0 fully saturated rings. The molecule has 0 radical (unpaired) electrons. The average Bonchev–Trinajstić information content (AvgIpc) is 3.40. The number of nitrogens with two attached hydrogens (primary N) is 1. The number of nitrogen functional groups attached to an aromatic ring is 1. The first-order valence-electron chi connectivity index (χ1n) is 24.5. The Bertz CT molecular complexity index is 2780. The smallest absolute Gasteiger partial charge is 0.363 e. The fraction of sp³-hybridized carbons (Fsp3) is 0.434. The summed E-state index contributed by atoms with van der Waals surface area (Å²) in [5.74, 6) is -1.87. The molecule has 0 spiro atoms. The lowest BCUT2D eigenvalue weighted by molar-refractivity contribution is -0.389. The van der Waals surface area contributed by atoms with Crippen molar-refractivity contribution in [3.63, 3.8) is 0 Å². The van der Waals surface area contributed by atoms with Crippen molar-refractivity contribution in [1.82, 2.24) is 24.9 Å². The van der Waals surface area contributed by atoms with Crippen LogP contribution in [0.1, 0.15) is 137 Å². The van der Waals surface area contributed by atoms with E-state index in [2.05, 4.69) is 24.9 Å². The van der Waals surface area contributed by atoms with Crippen LogP contribution in [-0.4, -0.2) is 92.4 Å². The zero-order chi connectivity index (χ0) is 60.5. The molecule has 0 aliphatic heterocycles. The van der Waals surface area contributed by atoms with Gasteiger partial charge in [0.1, 0.15) is 42.2 Å². The SMILES string of the molecule is CC(C)(C(=O)O)c1ccc([N+](=O)[O-])nc1.CCCC(=O)C(C)(C)c1ccc(N)nc1.CCCC(=O)C(C)(C)c1ccc([N+](=O)[O-])nc1.CCOC(=O)C(C)(C)c1ccc([N+](=O)[O-])nc1.CCOC(=O)Cc1ccc([N+](=O)[O-])nc1. The molecule has 5 heterocycles. The van der Waals surface area contributed by atoms with E-state index in [1.165, 1.54) is 81.1 Å². The Morgan fingerprint density at radius 3 is 1.09 bits per heavy atom. The average molecular weight is 1100 g/mol. The third-order valence-electron chi connectivity index (χ3n) is 11.8. The Morgan fingerprint density at radius 2 is 0.810 bits per heavy atom. The number of rotatable bonds is 20. The van der Waals surface area contributed by atoms with E-state index in [1.54, 1.807) is 46.0 Å². The maximum atomic E-state index is 11.9. The van der Waals surface area contributed by atoms with Gasteiger partial charge in [0.15, 0.2) is 0 Å². The predicted octanol–water partition coefficient (Wildman–Crippen LogP) is 9.23. The van der Waals surface area contributed by atoms with Crippen LogP contribution in [0.5, 0.6) is 0 Å². The highest BCUT2D eigenvalue weighted by atomic mass is 16.6. The van der Waals surface area contributed by atoms with Crippen molar-refractivity contribution in [3.05, 3.63) is 160 Å². The molecule has 426 valence electrons. The van der Waals surface area contributed by atoms with E-state index in [0.717, 1.165) is 18.4 Å². The van der Waals surface area contributed by atoms with Crippen molar-refractivity contribution in [2.75, 3.05) is 18.9 Å². The van der Waals surface area contributed by atoms with E-state index in [1.807, 2.05) is 47.6 Å². The summed E-state index contributed by atoms with van der Waals surface area (Å²) in [6, 6.07) is 14.7. The van der Waals surface area contributed by atoms with Crippen LogP contribution >= 0.6 is 0 Å². The van der Waals surface area contributed by atoms with Gasteiger partial charge >= 0.3 is 41.2 Å². The lowest BCUT2D eigenvalue weighted by Gasteiger charge is -2.23. The van der Waals surface area contributed by atoms with Crippen LogP contribution in [0.3, 0.4) is 0 Å². The van der Waals surface area contributed by atoms with Gasteiger partial charge in [-0.25, -0.2) is 4.98 Å². The highest BCUT2D eigenvalue weighted by Gasteiger charge is 2.34. The number of ether oxygens (including phenoxy) is 2. The fourth-order valence-corrected chi connectivity index (χ4v) is 6.33. The van der Waals surface area contributed by atoms with E-state index >= 15 is 0 Å². The second-order valence-corrected chi connectivity index (χ2v) is 19.1. The highest BCUT2D eigenvalue weighted by molar-refractivity contribution is 5.90. The van der Waals surface area contributed by atoms with E-state index in [0.29, 0.717) is 54.1 Å². The topological polar surface area (TPSA) is 387 Å². The third kappa shape index (κ3) is 21.1. The zero-order valence-electron chi connectivity index (χ0n) is 46.3. The molecule has 0 saturated heterocycles. The summed E-state index contributed by atoms with van der Waals surface area (Å²) in [6.07, 6.45) is 9.80. The number of carbonyl (C=O) groups is 5. The minimum Gasteiger partial charge on any atom is -0.481 e. The van der Waals surface area contributed by atoms with Gasteiger partial charge in [0.25, 0.3) is 0 Å². The third-order valence-corrected chi connectivity index (χ3v) is 11.8. The number of ketones is 2. The number of carboxylic acid groups (broad SMARTS) is 1. The van der Waals surface area contributed by atoms with Crippen molar-refractivity contribution in [3.8, 4) is 0 Å². The Morgan fingerprint density at radius 1 is 0.481 bits per heavy atom. The summed E-state index contributed by atoms with van der Waals surface area (Å²) in [5, 5.41) is 50.4. The number of carbonyl (C=O) groups excluding carboxylic acids is 4. The van der Waals surface area contributed by atoms with Gasteiger partial charge in [-0.3, -0.25) is 24.0 Å². The standard InChI is InChI=1S/C12H16N2O3.C12H18N2O.C11H14N2O4.2C9H10N2O4/c1-4-5-10(15)12(2,3)9-6-7-11(13-8-9)14(16)17;1-4-5-10(15)12(2,3)9-6-7-11(13)14-8-9;1-4-17-10(14)11(2,3)8-5-6-9(12-7-8)13(15)16;1-9(2,8(12)13)6-3-4-7(10-5-6)11(14)15;1-2-15-9(12)5-7-3-4-8(10-6-7)11(13)14/h6-8H,4-5H2,1-3H3;6-8H,4-5H2,1-3H3,(H2,13,14);5-7H,4H2,1-3H3;3-5H,1-2H3,(H,12,13);3-4,6H,2,5H2,1H3. The molecule has 5 rings (SSSR count). The number of anilines is 1. The van der Waals surface area contributed by atoms with Crippen LogP contribution in [0.25, 0.3) is 0 Å². The summed E-state index contributed by atoms with van der Waals surface area (Å²) in [5.41, 5.74) is 5.70. The molecule has 26 heteroatoms. The van der Waals surface area contributed by atoms with Crippen LogP contribution in [0.4, 0.5) is 29.1 Å². The van der Waals surface area contributed by atoms with Crippen molar-refractivity contribution in [2.24, 2.45) is 0 Å². The van der Waals surface area contributed by atoms with Crippen LogP contribution < -0.4 is 5.73 Å². The van der Waals surface area contributed by atoms with E-state index < -0.39 is 47.3 Å². The summed E-state index contributed by atoms with van der Waals surface area (Å²) < 4.78 is 9.66. The number of pyridine rings is 5. The molecule has 3 N–H and O–H groups in total. The predicted molar refractivity (Wildman–Crippen MR) is 289 cm³/mol. The van der Waals surface area contributed by atoms with Gasteiger partial charge in [-0.05, 0) is 158 Å². The molecule has 26 nitrogen and oxygen atoms in total. The second kappa shape index (κ2) is 31.2. The zero-order valence-corrected chi connectivity index (χ0v) is 46.3. The Kier molecular flexibility index (Phi) is 26.8. The normalized spacial score (nSPS) is 10.9. The lowest BCUT2D eigenvalue weighted by atomic mass is 9.80. The van der Waals surface area contributed by atoms with Crippen LogP contribution in [0.2, 0.25) is 0 Å². The largest absolute Gasteiger partial charge is 0.481 e. The van der Waals surface area contributed by atoms with Crippen molar-refractivity contribution < 1.29 is 58.2 Å². The van der Waals surface area contributed by atoms with Gasteiger partial charge in [0, 0.05) is 71.0 Å². The number of aromatic nitrogens is 5. The molecule has 79 heavy (non-hydrogen) atoms. The summed E-state index contributed by atoms with van der Waals surface area (Å²) in [7, 11) is 0. The number of Topliss-reactive ketones (excluding diaryl/α,β-unsaturated/α-hetero) is 2. The Labute approximate surface area is 456 Å². The lowest BCUT2D eigenvalue weighted by Crippen LogP contribution is -2.31. The Hall–Kier alpha value is -9.10. The minimum absolute atomic E-state index is 0.0822. The van der Waals surface area contributed by atoms with Crippen LogP contribution in [-0.2, 0) is 61.5 Å². The second-order valence-electron chi connectivity index (χ2n) is 19.1. The molecule has 0 amide bonds. The number of hydrogen-bond donors (Lipinski definition) is 2. The highest BCUT2D eigenvalue weighted by Crippen LogP contribution is 2.29. The van der Waals surface area contributed by atoms with Gasteiger partial charge in [-0.2, -0.15) is 0 Å². The van der Waals surface area contributed by atoms with Gasteiger partial charge in [0.2, 0.25) is 0 Å². The first kappa shape index (κ1) is 67.9. The molecule has 0 atom stereocenters. The van der Waals surface area contributed by atoms with E-state index in [-0.39, 0.29) is 53.2 Å². The number of nitrogens with zero attached hydrogens (tertiary/aromatic N) is 9. The van der Waals surface area contributed by atoms with Crippen LogP contribution in [0.15, 0.2) is 91.6 Å². The molecule has 0 aliphatic rings. The first-order chi connectivity index (χ1) is 36.7. The quantitative estimate of drug-likeness (QED) is 0.0416. The van der Waals surface area contributed by atoms with Crippen molar-refractivity contribution in [1.29, 1.82) is 0 Å². The van der Waals surface area contributed by atoms with Gasteiger partial charge in [0.05, 0.1) is 35.9 Å². The number of aliphatic carboxylic acids is 1. The van der Waals surface area contributed by atoms with Gasteiger partial charge in [-0.15, -0.1) is 0 Å². The number of esters is 2. The number of nitro groups is 4. The molecular formula is C53H68N10O16. The van der Waals surface area contributed by atoms with E-state index in [9.17, 15) is 64.4 Å². The number of hydrogen-bond acceptors (Lipinski definition) is 21. The number of carboxylic acids is 1. The summed E-state index contributed by atoms with van der Waals surface area (Å²) in [6.45, 7) is 21.9. The monoisotopic (exact) mass is 1100 g/mol. The molecule has 0 saturated carbocycles. The van der Waals surface area contributed by atoms with E-state index in [4.69, 9.17) is 20.3 Å². The maximum Gasteiger partial charge on any atom is 0.363 e. The summed E-state index contributed by atoms with van der Waals surface area (Å²) in [4.78, 5) is 115. The molecule has 0 bridgehead atoms. The molecule has 5 aromatic rings. The van der Waals surface area contributed by atoms with Gasteiger partial charge in [-0.1, -0.05) is 19.9 Å². The molecular weight excluding hydrogens is 1030 g/mol. The maximum absolute atomic E-state index is 11.9. The van der Waals surface area contributed by atoms with Crippen molar-refractivity contribution >= 4 is 58.6 Å². The molecule has 5 aromatic heterocycles. The first-order valence-corrected chi connectivity index (χ1v) is 24.5. The molecule has 0 unspecified atom stereocenters. The fourth-order valence-electron chi connectivity index (χ4n) is 6.33. The minimum atomic E-state index is -1.10. The molecule has 0 aromatic carbocycles. The summed E-state index contributed by atoms with van der Waals surface area (Å²) >= 11 is 0.